The van der Waals surface area contributed by atoms with Gasteiger partial charge in [-0.15, -0.1) is 10.2 Å². The summed E-state index contributed by atoms with van der Waals surface area (Å²) in [5.74, 6) is 1.30. The molecule has 1 saturated heterocycles. The Kier molecular flexibility index (Phi) is 5.78. The minimum atomic E-state index is 0.0130. The van der Waals surface area contributed by atoms with E-state index in [4.69, 9.17) is 4.42 Å². The van der Waals surface area contributed by atoms with E-state index in [1.54, 1.807) is 11.3 Å². The van der Waals surface area contributed by atoms with Crippen LogP contribution in [0.1, 0.15) is 46.8 Å². The molecule has 152 valence electrons. The average molecular weight is 411 g/mol. The van der Waals surface area contributed by atoms with Crippen LogP contribution in [-0.4, -0.2) is 52.1 Å². The average Bonchev–Trinajstić information content (AvgIpc) is 3.37. The van der Waals surface area contributed by atoms with E-state index in [9.17, 15) is 4.79 Å². The first kappa shape index (κ1) is 19.8. The van der Waals surface area contributed by atoms with Crippen molar-refractivity contribution in [3.8, 4) is 11.5 Å². The van der Waals surface area contributed by atoms with Crippen LogP contribution >= 0.6 is 11.3 Å². The molecule has 0 aliphatic carbocycles. The Labute approximate surface area is 175 Å². The van der Waals surface area contributed by atoms with Crippen LogP contribution in [0.2, 0.25) is 0 Å². The molecule has 3 aromatic rings. The molecule has 2 aromatic heterocycles. The summed E-state index contributed by atoms with van der Waals surface area (Å²) in [6.07, 6.45) is 0.929. The van der Waals surface area contributed by atoms with Gasteiger partial charge in [0.2, 0.25) is 11.8 Å². The smallest absolute Gasteiger partial charge is 0.254 e. The lowest BCUT2D eigenvalue weighted by Crippen LogP contribution is -2.35. The van der Waals surface area contributed by atoms with Crippen molar-refractivity contribution in [2.75, 3.05) is 26.2 Å². The maximum Gasteiger partial charge on any atom is 0.254 e. The van der Waals surface area contributed by atoms with Crippen molar-refractivity contribution in [3.05, 3.63) is 57.6 Å². The molecule has 3 heterocycles. The van der Waals surface area contributed by atoms with Gasteiger partial charge < -0.3 is 9.32 Å². The number of hydrogen-bond donors (Lipinski definition) is 0. The van der Waals surface area contributed by atoms with Crippen LogP contribution < -0.4 is 0 Å². The highest BCUT2D eigenvalue weighted by molar-refractivity contribution is 7.08. The SMILES string of the molecule is Cc1ccc(-c2nnc([C@@H](C)N3CCCN(C(=O)c4ccsc4)CC3)o2)cc1C. The minimum absolute atomic E-state index is 0.0130. The van der Waals surface area contributed by atoms with Crippen LogP contribution in [0.3, 0.4) is 0 Å². The third kappa shape index (κ3) is 4.26. The molecule has 29 heavy (non-hydrogen) atoms. The van der Waals surface area contributed by atoms with E-state index in [0.29, 0.717) is 18.3 Å². The maximum absolute atomic E-state index is 12.6. The molecule has 0 spiro atoms. The second kappa shape index (κ2) is 8.47. The second-order valence-electron chi connectivity index (χ2n) is 7.61. The zero-order chi connectivity index (χ0) is 20.4. The molecule has 0 unspecified atom stereocenters. The van der Waals surface area contributed by atoms with Crippen molar-refractivity contribution < 1.29 is 9.21 Å². The summed E-state index contributed by atoms with van der Waals surface area (Å²) in [5.41, 5.74) is 4.18. The number of aromatic nitrogens is 2. The molecule has 0 N–H and O–H groups in total. The lowest BCUT2D eigenvalue weighted by molar-refractivity contribution is 0.0758. The van der Waals surface area contributed by atoms with Gasteiger partial charge in [0, 0.05) is 37.1 Å². The molecule has 4 rings (SSSR count). The number of aryl methyl sites for hydroxylation is 2. The third-order valence-electron chi connectivity index (χ3n) is 5.69. The molecule has 7 heteroatoms. The van der Waals surface area contributed by atoms with Gasteiger partial charge in [-0.2, -0.15) is 11.3 Å². The van der Waals surface area contributed by atoms with Crippen molar-refractivity contribution in [2.45, 2.75) is 33.2 Å². The number of thiophene rings is 1. The first-order chi connectivity index (χ1) is 14.0. The van der Waals surface area contributed by atoms with Gasteiger partial charge in [-0.05, 0) is 61.9 Å². The van der Waals surface area contributed by atoms with Gasteiger partial charge >= 0.3 is 0 Å². The van der Waals surface area contributed by atoms with Gasteiger partial charge in [-0.25, -0.2) is 0 Å². The summed E-state index contributed by atoms with van der Waals surface area (Å²) in [4.78, 5) is 16.9. The Hall–Kier alpha value is -2.51. The van der Waals surface area contributed by atoms with Crippen molar-refractivity contribution >= 4 is 17.2 Å². The van der Waals surface area contributed by atoms with Crippen LogP contribution in [0.4, 0.5) is 0 Å². The standard InChI is InChI=1S/C22H26N4O2S/c1-15-5-6-18(13-16(15)2)21-24-23-20(28-21)17(3)25-8-4-9-26(11-10-25)22(27)19-7-12-29-14-19/h5-7,12-14,17H,4,8-11H2,1-3H3/t17-/m1/s1. The lowest BCUT2D eigenvalue weighted by Gasteiger charge is -2.25. The predicted molar refractivity (Wildman–Crippen MR) is 114 cm³/mol. The number of nitrogens with zero attached hydrogens (tertiary/aromatic N) is 4. The summed E-state index contributed by atoms with van der Waals surface area (Å²) in [7, 11) is 0. The van der Waals surface area contributed by atoms with Crippen molar-refractivity contribution in [3.63, 3.8) is 0 Å². The Bertz CT molecular complexity index is 983. The quantitative estimate of drug-likeness (QED) is 0.641. The first-order valence-corrected chi connectivity index (χ1v) is 10.9. The fraction of sp³-hybridized carbons (Fsp3) is 0.409. The highest BCUT2D eigenvalue weighted by Gasteiger charge is 2.26. The summed E-state index contributed by atoms with van der Waals surface area (Å²) in [6.45, 7) is 9.43. The lowest BCUT2D eigenvalue weighted by atomic mass is 10.1. The Morgan fingerprint density at radius 1 is 1.10 bits per heavy atom. The monoisotopic (exact) mass is 410 g/mol. The van der Waals surface area contributed by atoms with E-state index >= 15 is 0 Å². The molecule has 0 saturated carbocycles. The van der Waals surface area contributed by atoms with Gasteiger partial charge in [-0.1, -0.05) is 6.07 Å². The van der Waals surface area contributed by atoms with Gasteiger partial charge in [-0.3, -0.25) is 9.69 Å². The predicted octanol–water partition coefficient (Wildman–Crippen LogP) is 4.32. The van der Waals surface area contributed by atoms with Crippen LogP contribution in [0.15, 0.2) is 39.4 Å². The van der Waals surface area contributed by atoms with E-state index in [1.165, 1.54) is 11.1 Å². The Morgan fingerprint density at radius 3 is 2.72 bits per heavy atom. The van der Waals surface area contributed by atoms with Crippen molar-refractivity contribution in [1.82, 2.24) is 20.0 Å². The maximum atomic E-state index is 12.6. The number of amides is 1. The molecule has 1 fully saturated rings. The number of carbonyl (C=O) groups excluding carboxylic acids is 1. The molecule has 0 radical (unpaired) electrons. The van der Waals surface area contributed by atoms with E-state index in [2.05, 4.69) is 48.0 Å². The number of rotatable bonds is 4. The van der Waals surface area contributed by atoms with Crippen LogP contribution in [0.5, 0.6) is 0 Å². The minimum Gasteiger partial charge on any atom is -0.419 e. The number of benzene rings is 1. The summed E-state index contributed by atoms with van der Waals surface area (Å²) in [5, 5.41) is 12.4. The molecule has 1 amide bonds. The van der Waals surface area contributed by atoms with E-state index in [1.807, 2.05) is 27.8 Å². The molecular formula is C22H26N4O2S. The van der Waals surface area contributed by atoms with Gasteiger partial charge in [0.05, 0.1) is 11.6 Å². The Balaban J connectivity index is 1.43. The van der Waals surface area contributed by atoms with Gasteiger partial charge in [0.25, 0.3) is 5.91 Å². The third-order valence-corrected chi connectivity index (χ3v) is 6.37. The highest BCUT2D eigenvalue weighted by atomic mass is 32.1. The zero-order valence-corrected chi connectivity index (χ0v) is 17.9. The molecule has 6 nitrogen and oxygen atoms in total. The number of carbonyl (C=O) groups is 1. The fourth-order valence-electron chi connectivity index (χ4n) is 3.65. The normalized spacial score (nSPS) is 16.6. The largest absolute Gasteiger partial charge is 0.419 e. The van der Waals surface area contributed by atoms with E-state index < -0.39 is 0 Å². The molecule has 1 atom stereocenters. The van der Waals surface area contributed by atoms with Crippen molar-refractivity contribution in [1.29, 1.82) is 0 Å². The molecular weight excluding hydrogens is 384 g/mol. The summed E-state index contributed by atoms with van der Waals surface area (Å²) >= 11 is 1.56. The second-order valence-corrected chi connectivity index (χ2v) is 8.39. The molecule has 1 aliphatic rings. The zero-order valence-electron chi connectivity index (χ0n) is 17.1. The van der Waals surface area contributed by atoms with Crippen LogP contribution in [-0.2, 0) is 0 Å². The van der Waals surface area contributed by atoms with E-state index in [0.717, 1.165) is 37.2 Å². The topological polar surface area (TPSA) is 62.5 Å². The van der Waals surface area contributed by atoms with Crippen LogP contribution in [0, 0.1) is 13.8 Å². The summed E-state index contributed by atoms with van der Waals surface area (Å²) in [6, 6.07) is 8.08. The fourth-order valence-corrected chi connectivity index (χ4v) is 4.28. The highest BCUT2D eigenvalue weighted by Crippen LogP contribution is 2.26. The van der Waals surface area contributed by atoms with Crippen molar-refractivity contribution in [2.24, 2.45) is 0 Å². The van der Waals surface area contributed by atoms with Gasteiger partial charge in [0.1, 0.15) is 0 Å². The first-order valence-electron chi connectivity index (χ1n) is 9.99. The van der Waals surface area contributed by atoms with Gasteiger partial charge in [0.15, 0.2) is 0 Å². The molecule has 1 aliphatic heterocycles. The molecule has 1 aromatic carbocycles. The summed E-state index contributed by atoms with van der Waals surface area (Å²) < 4.78 is 6.01. The van der Waals surface area contributed by atoms with E-state index in [-0.39, 0.29) is 11.9 Å². The molecule has 0 bridgehead atoms. The number of hydrogen-bond acceptors (Lipinski definition) is 6. The van der Waals surface area contributed by atoms with Crippen LogP contribution in [0.25, 0.3) is 11.5 Å². The Morgan fingerprint density at radius 2 is 1.97 bits per heavy atom.